The van der Waals surface area contributed by atoms with Crippen molar-refractivity contribution >= 4 is 17.0 Å². The van der Waals surface area contributed by atoms with Gasteiger partial charge in [0.2, 0.25) is 5.95 Å². The van der Waals surface area contributed by atoms with Gasteiger partial charge in [-0.2, -0.15) is 4.68 Å². The van der Waals surface area contributed by atoms with E-state index in [-0.39, 0.29) is 0 Å². The van der Waals surface area contributed by atoms with Gasteiger partial charge in [0.15, 0.2) is 17.0 Å². The Labute approximate surface area is 198 Å². The van der Waals surface area contributed by atoms with Crippen LogP contribution in [0.3, 0.4) is 0 Å². The van der Waals surface area contributed by atoms with Gasteiger partial charge in [-0.1, -0.05) is 79.2 Å². The normalized spacial score (nSPS) is 11.2. The maximum Gasteiger partial charge on any atom is 0.234 e. The second kappa shape index (κ2) is 9.82. The van der Waals surface area contributed by atoms with Crippen LogP contribution in [-0.2, 0) is 26.6 Å². The number of nitrogens with zero attached hydrogens (tertiary/aromatic N) is 8. The van der Waals surface area contributed by atoms with Gasteiger partial charge in [-0.05, 0) is 17.5 Å². The molecule has 0 aliphatic rings. The van der Waals surface area contributed by atoms with Crippen LogP contribution in [0.15, 0.2) is 73.1 Å². The molecule has 0 unspecified atom stereocenters. The molecule has 0 N–H and O–H groups in total. The molecule has 0 saturated heterocycles. The first-order chi connectivity index (χ1) is 16.7. The summed E-state index contributed by atoms with van der Waals surface area (Å²) < 4.78 is 3.63. The third-order valence-electron chi connectivity index (χ3n) is 5.84. The van der Waals surface area contributed by atoms with Gasteiger partial charge in [0.05, 0.1) is 12.4 Å². The van der Waals surface area contributed by atoms with Gasteiger partial charge in [0, 0.05) is 26.6 Å². The Bertz CT molecular complexity index is 1300. The van der Waals surface area contributed by atoms with E-state index in [0.717, 1.165) is 42.1 Å². The lowest BCUT2D eigenvalue weighted by Gasteiger charge is -2.25. The fourth-order valence-electron chi connectivity index (χ4n) is 4.08. The molecule has 172 valence electrons. The highest BCUT2D eigenvalue weighted by molar-refractivity contribution is 5.85. The highest BCUT2D eigenvalue weighted by Gasteiger charge is 2.22. The molecule has 0 aliphatic carbocycles. The summed E-state index contributed by atoms with van der Waals surface area (Å²) >= 11 is 0. The molecular formula is C26H28N8. The summed E-state index contributed by atoms with van der Waals surface area (Å²) in [4.78, 5) is 17.2. The van der Waals surface area contributed by atoms with Crippen LogP contribution in [0.4, 0.5) is 5.82 Å². The highest BCUT2D eigenvalue weighted by atomic mass is 15.5. The second-order valence-corrected chi connectivity index (χ2v) is 8.38. The van der Waals surface area contributed by atoms with Crippen LogP contribution < -0.4 is 4.90 Å². The Morgan fingerprint density at radius 1 is 0.853 bits per heavy atom. The van der Waals surface area contributed by atoms with E-state index in [2.05, 4.69) is 70.7 Å². The molecule has 2 aromatic carbocycles. The number of anilines is 1. The fraction of sp³-hybridized carbons (Fsp3) is 0.269. The summed E-state index contributed by atoms with van der Waals surface area (Å²) in [5.41, 5.74) is 3.99. The molecular weight excluding hydrogens is 424 g/mol. The average molecular weight is 453 g/mol. The molecule has 8 nitrogen and oxygen atoms in total. The third-order valence-corrected chi connectivity index (χ3v) is 5.84. The van der Waals surface area contributed by atoms with E-state index in [1.54, 1.807) is 17.1 Å². The molecule has 0 spiro atoms. The number of unbranched alkanes of at least 4 members (excludes halogenated alkanes) is 1. The van der Waals surface area contributed by atoms with E-state index < -0.39 is 0 Å². The largest absolute Gasteiger partial charge is 0.346 e. The number of hydrogen-bond donors (Lipinski definition) is 0. The van der Waals surface area contributed by atoms with Gasteiger partial charge in [-0.15, -0.1) is 5.10 Å². The standard InChI is InChI=1S/C26H28N8/c1-3-4-15-22-28-24-23(30-26(32(24)2)34-17-16-27-31-34)25(29-22)33(18-20-11-7-5-8-12-20)19-21-13-9-6-10-14-21/h5-14,16-17H,3-4,15,18-19H2,1-2H3. The summed E-state index contributed by atoms with van der Waals surface area (Å²) in [6.45, 7) is 3.61. The van der Waals surface area contributed by atoms with Crippen LogP contribution in [0, 0.1) is 0 Å². The first-order valence-corrected chi connectivity index (χ1v) is 11.7. The van der Waals surface area contributed by atoms with Crippen molar-refractivity contribution in [2.75, 3.05) is 4.90 Å². The van der Waals surface area contributed by atoms with Crippen LogP contribution in [0.2, 0.25) is 0 Å². The zero-order chi connectivity index (χ0) is 23.3. The minimum Gasteiger partial charge on any atom is -0.346 e. The number of fused-ring (bicyclic) bond motifs is 1. The molecule has 8 heteroatoms. The monoisotopic (exact) mass is 452 g/mol. The van der Waals surface area contributed by atoms with E-state index >= 15 is 0 Å². The van der Waals surface area contributed by atoms with Crippen molar-refractivity contribution in [1.29, 1.82) is 0 Å². The Hall–Kier alpha value is -4.07. The highest BCUT2D eigenvalue weighted by Crippen LogP contribution is 2.28. The second-order valence-electron chi connectivity index (χ2n) is 8.38. The maximum absolute atomic E-state index is 5.06. The number of benzene rings is 2. The predicted octanol–water partition coefficient (Wildman–Crippen LogP) is 4.49. The Morgan fingerprint density at radius 2 is 1.53 bits per heavy atom. The zero-order valence-electron chi connectivity index (χ0n) is 19.5. The van der Waals surface area contributed by atoms with E-state index in [1.807, 2.05) is 23.7 Å². The molecule has 0 atom stereocenters. The van der Waals surface area contributed by atoms with Crippen molar-refractivity contribution in [3.8, 4) is 5.95 Å². The molecule has 0 fully saturated rings. The molecule has 3 aromatic heterocycles. The summed E-state index contributed by atoms with van der Waals surface area (Å²) in [7, 11) is 1.96. The molecule has 34 heavy (non-hydrogen) atoms. The smallest absolute Gasteiger partial charge is 0.234 e. The summed E-state index contributed by atoms with van der Waals surface area (Å²) in [6, 6.07) is 21.0. The first kappa shape index (κ1) is 21.8. The topological polar surface area (TPSA) is 77.5 Å². The molecule has 5 rings (SSSR count). The van der Waals surface area contributed by atoms with Crippen molar-refractivity contribution in [1.82, 2.24) is 34.5 Å². The van der Waals surface area contributed by atoms with E-state index in [1.165, 1.54) is 11.1 Å². The van der Waals surface area contributed by atoms with Crippen molar-refractivity contribution < 1.29 is 0 Å². The molecule has 5 aromatic rings. The van der Waals surface area contributed by atoms with Crippen LogP contribution in [0.25, 0.3) is 17.1 Å². The zero-order valence-corrected chi connectivity index (χ0v) is 19.5. The molecule has 0 aliphatic heterocycles. The average Bonchev–Trinajstić information content (AvgIpc) is 3.52. The first-order valence-electron chi connectivity index (χ1n) is 11.7. The van der Waals surface area contributed by atoms with Crippen LogP contribution in [0.1, 0.15) is 36.7 Å². The van der Waals surface area contributed by atoms with Crippen molar-refractivity contribution in [3.05, 3.63) is 90.0 Å². The van der Waals surface area contributed by atoms with Gasteiger partial charge in [-0.3, -0.25) is 4.57 Å². The van der Waals surface area contributed by atoms with E-state index in [9.17, 15) is 0 Å². The van der Waals surface area contributed by atoms with Crippen molar-refractivity contribution in [2.24, 2.45) is 7.05 Å². The van der Waals surface area contributed by atoms with Crippen LogP contribution in [-0.4, -0.2) is 34.5 Å². The lowest BCUT2D eigenvalue weighted by atomic mass is 10.1. The van der Waals surface area contributed by atoms with E-state index in [4.69, 9.17) is 15.0 Å². The maximum atomic E-state index is 5.06. The number of aromatic nitrogens is 7. The number of imidazole rings is 1. The number of hydrogen-bond acceptors (Lipinski definition) is 6. The van der Waals surface area contributed by atoms with Gasteiger partial charge >= 0.3 is 0 Å². The predicted molar refractivity (Wildman–Crippen MR) is 133 cm³/mol. The lowest BCUT2D eigenvalue weighted by Crippen LogP contribution is -2.24. The minimum atomic E-state index is 0.662. The van der Waals surface area contributed by atoms with Crippen LogP contribution >= 0.6 is 0 Å². The molecule has 0 bridgehead atoms. The van der Waals surface area contributed by atoms with Gasteiger partial charge in [0.25, 0.3) is 0 Å². The summed E-state index contributed by atoms with van der Waals surface area (Å²) in [5.74, 6) is 2.34. The number of rotatable bonds is 9. The van der Waals surface area contributed by atoms with Gasteiger partial charge < -0.3 is 4.90 Å². The summed E-state index contributed by atoms with van der Waals surface area (Å²) in [5, 5.41) is 8.10. The van der Waals surface area contributed by atoms with Gasteiger partial charge in [0.1, 0.15) is 5.82 Å². The fourth-order valence-corrected chi connectivity index (χ4v) is 4.08. The van der Waals surface area contributed by atoms with Crippen molar-refractivity contribution in [3.63, 3.8) is 0 Å². The SMILES string of the molecule is CCCCc1nc(N(Cc2ccccc2)Cc2ccccc2)c2nc(-n3ccnn3)n(C)c2n1. The van der Waals surface area contributed by atoms with Gasteiger partial charge in [-0.25, -0.2) is 15.0 Å². The molecule has 0 amide bonds. The lowest BCUT2D eigenvalue weighted by molar-refractivity contribution is 0.717. The van der Waals surface area contributed by atoms with Crippen molar-refractivity contribution in [2.45, 2.75) is 39.3 Å². The van der Waals surface area contributed by atoms with Crippen LogP contribution in [0.5, 0.6) is 0 Å². The summed E-state index contributed by atoms with van der Waals surface area (Å²) in [6.07, 6.45) is 6.39. The quantitative estimate of drug-likeness (QED) is 0.328. The number of aryl methyl sites for hydroxylation is 2. The molecule has 0 saturated carbocycles. The Morgan fingerprint density at radius 3 is 2.12 bits per heavy atom. The Kier molecular flexibility index (Phi) is 6.29. The minimum absolute atomic E-state index is 0.662. The van der Waals surface area contributed by atoms with E-state index in [0.29, 0.717) is 19.0 Å². The molecule has 0 radical (unpaired) electrons. The Balaban J connectivity index is 1.66. The molecule has 3 heterocycles. The third kappa shape index (κ3) is 4.52.